The van der Waals surface area contributed by atoms with Crippen molar-refractivity contribution in [1.82, 2.24) is 39.1 Å². The topological polar surface area (TPSA) is 146 Å². The Morgan fingerprint density at radius 2 is 1.78 bits per heavy atom. The minimum absolute atomic E-state index is 0.00520. The van der Waals surface area contributed by atoms with E-state index in [0.29, 0.717) is 15.2 Å². The lowest BCUT2D eigenvalue weighted by molar-refractivity contribution is -0.207. The van der Waals surface area contributed by atoms with Crippen molar-refractivity contribution in [1.29, 1.82) is 0 Å². The van der Waals surface area contributed by atoms with Crippen LogP contribution < -0.4 is 10.4 Å². The van der Waals surface area contributed by atoms with Gasteiger partial charge >= 0.3 is 11.9 Å². The molecule has 0 saturated carbocycles. The SMILES string of the molecule is COc1nccnc1-n1nc(Cn2nc(-c3ccc(Cl)cc3)n(CC(O)C(F)(F)F)c2=O)nc1C(C)O. The second kappa shape index (κ2) is 10.3. The largest absolute Gasteiger partial charge is 0.478 e. The Labute approximate surface area is 211 Å². The smallest absolute Gasteiger partial charge is 0.416 e. The van der Waals surface area contributed by atoms with E-state index in [-0.39, 0.29) is 35.7 Å². The molecule has 196 valence electrons. The summed E-state index contributed by atoms with van der Waals surface area (Å²) >= 11 is 5.90. The van der Waals surface area contributed by atoms with Gasteiger partial charge in [0.2, 0.25) is 5.82 Å². The van der Waals surface area contributed by atoms with Gasteiger partial charge in [-0.15, -0.1) is 10.2 Å². The van der Waals surface area contributed by atoms with Crippen molar-refractivity contribution in [3.05, 3.63) is 63.8 Å². The van der Waals surface area contributed by atoms with E-state index in [1.165, 1.54) is 55.4 Å². The maximum atomic E-state index is 13.1. The van der Waals surface area contributed by atoms with Gasteiger partial charge in [-0.05, 0) is 31.2 Å². The predicted molar refractivity (Wildman–Crippen MR) is 122 cm³/mol. The number of halogens is 4. The number of aromatic nitrogens is 8. The second-order valence-corrected chi connectivity index (χ2v) is 8.24. The molecule has 0 spiro atoms. The van der Waals surface area contributed by atoms with Crippen LogP contribution in [0.1, 0.15) is 24.7 Å². The molecular formula is C21H20ClF3N8O4. The molecule has 16 heteroatoms. The number of hydrogen-bond donors (Lipinski definition) is 2. The summed E-state index contributed by atoms with van der Waals surface area (Å²) in [5.74, 6) is 0.123. The van der Waals surface area contributed by atoms with E-state index in [1.807, 2.05) is 0 Å². The Morgan fingerprint density at radius 1 is 1.11 bits per heavy atom. The minimum atomic E-state index is -4.96. The highest BCUT2D eigenvalue weighted by molar-refractivity contribution is 6.30. The molecule has 0 saturated heterocycles. The average Bonchev–Trinajstić information content (AvgIpc) is 3.41. The number of aliphatic hydroxyl groups excluding tert-OH is 2. The highest BCUT2D eigenvalue weighted by Crippen LogP contribution is 2.25. The van der Waals surface area contributed by atoms with Gasteiger partial charge in [-0.2, -0.15) is 17.9 Å². The highest BCUT2D eigenvalue weighted by atomic mass is 35.5. The van der Waals surface area contributed by atoms with Crippen LogP contribution in [0.25, 0.3) is 17.2 Å². The van der Waals surface area contributed by atoms with Crippen molar-refractivity contribution in [3.63, 3.8) is 0 Å². The van der Waals surface area contributed by atoms with Gasteiger partial charge in [-0.25, -0.2) is 24.4 Å². The molecule has 12 nitrogen and oxygen atoms in total. The first-order valence-electron chi connectivity index (χ1n) is 10.7. The molecule has 0 aliphatic rings. The van der Waals surface area contributed by atoms with Gasteiger partial charge < -0.3 is 14.9 Å². The van der Waals surface area contributed by atoms with Gasteiger partial charge in [0.15, 0.2) is 23.6 Å². The first-order chi connectivity index (χ1) is 17.5. The van der Waals surface area contributed by atoms with Crippen LogP contribution in [-0.2, 0) is 13.1 Å². The number of methoxy groups -OCH3 is 1. The summed E-state index contributed by atoms with van der Waals surface area (Å²) in [6, 6.07) is 5.92. The van der Waals surface area contributed by atoms with Gasteiger partial charge in [0.25, 0.3) is 5.88 Å². The van der Waals surface area contributed by atoms with E-state index in [4.69, 9.17) is 16.3 Å². The highest BCUT2D eigenvalue weighted by Gasteiger charge is 2.39. The lowest BCUT2D eigenvalue weighted by Gasteiger charge is -2.15. The first kappa shape index (κ1) is 26.2. The molecule has 4 aromatic rings. The lowest BCUT2D eigenvalue weighted by atomic mass is 10.2. The first-order valence-corrected chi connectivity index (χ1v) is 11.0. The Kier molecular flexibility index (Phi) is 7.29. The van der Waals surface area contributed by atoms with Crippen molar-refractivity contribution < 1.29 is 28.1 Å². The third-order valence-electron chi connectivity index (χ3n) is 5.14. The van der Waals surface area contributed by atoms with Crippen molar-refractivity contribution in [2.75, 3.05) is 7.11 Å². The second-order valence-electron chi connectivity index (χ2n) is 7.80. The zero-order chi connectivity index (χ0) is 26.9. The molecule has 2 N–H and O–H groups in total. The zero-order valence-corrected chi connectivity index (χ0v) is 20.1. The number of alkyl halides is 3. The summed E-state index contributed by atoms with van der Waals surface area (Å²) in [6.07, 6.45) is -6.11. The Morgan fingerprint density at radius 3 is 2.41 bits per heavy atom. The number of ether oxygens (including phenoxy) is 1. The standard InChI is InChI=1S/C21H20ClF3N8O4/c1-11(34)16-28-15(29-33(16)18-19(37-2)27-8-7-26-18)10-32-20(36)31(9-14(35)21(23,24)25)17(30-32)12-3-5-13(22)6-4-12/h3-8,11,14,34-35H,9-10H2,1-2H3. The average molecular weight is 541 g/mol. The fraction of sp³-hybridized carbons (Fsp3) is 0.333. The van der Waals surface area contributed by atoms with Gasteiger partial charge in [0, 0.05) is 23.0 Å². The van der Waals surface area contributed by atoms with Crippen LogP contribution in [0.3, 0.4) is 0 Å². The Bertz CT molecular complexity index is 1450. The molecule has 3 aromatic heterocycles. The van der Waals surface area contributed by atoms with Crippen LogP contribution in [0, 0.1) is 0 Å². The van der Waals surface area contributed by atoms with Gasteiger partial charge in [-0.3, -0.25) is 4.57 Å². The maximum Gasteiger partial charge on any atom is 0.416 e. The van der Waals surface area contributed by atoms with E-state index in [1.54, 1.807) is 0 Å². The number of aliphatic hydroxyl groups is 2. The third-order valence-corrected chi connectivity index (χ3v) is 5.39. The van der Waals surface area contributed by atoms with Crippen LogP contribution in [0.2, 0.25) is 5.02 Å². The minimum Gasteiger partial charge on any atom is -0.478 e. The molecule has 0 aliphatic heterocycles. The van der Waals surface area contributed by atoms with Gasteiger partial charge in [0.05, 0.1) is 13.7 Å². The van der Waals surface area contributed by atoms with Crippen molar-refractivity contribution >= 4 is 11.6 Å². The monoisotopic (exact) mass is 540 g/mol. The summed E-state index contributed by atoms with van der Waals surface area (Å²) in [5.41, 5.74) is -0.651. The normalized spacial score (nSPS) is 13.5. The van der Waals surface area contributed by atoms with Crippen LogP contribution in [0.15, 0.2) is 41.5 Å². The fourth-order valence-electron chi connectivity index (χ4n) is 3.40. The molecule has 3 heterocycles. The van der Waals surface area contributed by atoms with Crippen LogP contribution >= 0.6 is 11.6 Å². The lowest BCUT2D eigenvalue weighted by Crippen LogP contribution is -2.37. The van der Waals surface area contributed by atoms with Crippen molar-refractivity contribution in [2.24, 2.45) is 0 Å². The van der Waals surface area contributed by atoms with Gasteiger partial charge in [-0.1, -0.05) is 11.6 Å². The van der Waals surface area contributed by atoms with Crippen molar-refractivity contribution in [3.8, 4) is 23.1 Å². The number of rotatable bonds is 8. The van der Waals surface area contributed by atoms with E-state index in [2.05, 4.69) is 25.1 Å². The maximum absolute atomic E-state index is 13.1. The molecule has 37 heavy (non-hydrogen) atoms. The predicted octanol–water partition coefficient (Wildman–Crippen LogP) is 1.77. The molecule has 0 radical (unpaired) electrons. The molecule has 0 bridgehead atoms. The Balaban J connectivity index is 1.78. The molecular weight excluding hydrogens is 521 g/mol. The molecule has 2 atom stereocenters. The number of nitrogens with zero attached hydrogens (tertiary/aromatic N) is 8. The van der Waals surface area contributed by atoms with Crippen LogP contribution in [0.5, 0.6) is 5.88 Å². The molecule has 0 fully saturated rings. The fourth-order valence-corrected chi connectivity index (χ4v) is 3.53. The van der Waals surface area contributed by atoms with E-state index < -0.39 is 30.6 Å². The zero-order valence-electron chi connectivity index (χ0n) is 19.3. The molecule has 0 amide bonds. The quantitative estimate of drug-likeness (QED) is 0.341. The Hall–Kier alpha value is -3.82. The summed E-state index contributed by atoms with van der Waals surface area (Å²) < 4.78 is 47.2. The van der Waals surface area contributed by atoms with E-state index in [0.717, 1.165) is 4.68 Å². The molecule has 0 aliphatic carbocycles. The molecule has 4 rings (SSSR count). The molecule has 1 aromatic carbocycles. The number of hydrogen-bond acceptors (Lipinski definition) is 9. The molecule has 2 unspecified atom stereocenters. The van der Waals surface area contributed by atoms with Crippen LogP contribution in [-0.4, -0.2) is 68.7 Å². The summed E-state index contributed by atoms with van der Waals surface area (Å²) in [7, 11) is 1.37. The summed E-state index contributed by atoms with van der Waals surface area (Å²) in [4.78, 5) is 25.5. The third kappa shape index (κ3) is 5.47. The summed E-state index contributed by atoms with van der Waals surface area (Å²) in [6.45, 7) is -0.0209. The van der Waals surface area contributed by atoms with Crippen molar-refractivity contribution in [2.45, 2.75) is 38.4 Å². The number of benzene rings is 1. The summed E-state index contributed by atoms with van der Waals surface area (Å²) in [5, 5.41) is 28.7. The van der Waals surface area contributed by atoms with E-state index in [9.17, 15) is 28.2 Å². The van der Waals surface area contributed by atoms with E-state index >= 15 is 0 Å². The van der Waals surface area contributed by atoms with Gasteiger partial charge in [0.1, 0.15) is 12.6 Å². The van der Waals surface area contributed by atoms with Crippen LogP contribution in [0.4, 0.5) is 13.2 Å².